The van der Waals surface area contributed by atoms with Crippen LogP contribution in [0.15, 0.2) is 35.7 Å². The van der Waals surface area contributed by atoms with Crippen LogP contribution >= 0.6 is 11.3 Å². The Morgan fingerprint density at radius 3 is 2.90 bits per heavy atom. The van der Waals surface area contributed by atoms with Crippen molar-refractivity contribution in [1.29, 1.82) is 0 Å². The minimum Gasteiger partial charge on any atom is -0.468 e. The first-order valence-corrected chi connectivity index (χ1v) is 7.09. The van der Waals surface area contributed by atoms with Gasteiger partial charge in [-0.2, -0.15) is 0 Å². The fourth-order valence-corrected chi connectivity index (χ4v) is 2.63. The van der Waals surface area contributed by atoms with Crippen molar-refractivity contribution in [3.63, 3.8) is 0 Å². The van der Waals surface area contributed by atoms with Crippen molar-refractivity contribution >= 4 is 17.3 Å². The molecule has 3 nitrogen and oxygen atoms in total. The summed E-state index contributed by atoms with van der Waals surface area (Å²) in [4.78, 5) is 13.0. The average molecular weight is 293 g/mol. The van der Waals surface area contributed by atoms with Crippen LogP contribution in [0.25, 0.3) is 0 Å². The molecular formula is C15H16FNO2S. The van der Waals surface area contributed by atoms with Crippen LogP contribution in [-0.4, -0.2) is 13.1 Å². The summed E-state index contributed by atoms with van der Waals surface area (Å²) in [5.74, 6) is -0.785. The van der Waals surface area contributed by atoms with E-state index in [1.807, 2.05) is 24.4 Å². The van der Waals surface area contributed by atoms with Crippen LogP contribution in [0, 0.1) is 12.7 Å². The van der Waals surface area contributed by atoms with E-state index in [9.17, 15) is 9.18 Å². The van der Waals surface area contributed by atoms with E-state index in [1.165, 1.54) is 19.2 Å². The number of carbonyl (C=O) groups is 1. The summed E-state index contributed by atoms with van der Waals surface area (Å²) >= 11 is 1.60. The van der Waals surface area contributed by atoms with Gasteiger partial charge in [0, 0.05) is 11.4 Å². The first-order valence-electron chi connectivity index (χ1n) is 6.21. The molecule has 1 N–H and O–H groups in total. The number of hydrogen-bond acceptors (Lipinski definition) is 4. The Kier molecular flexibility index (Phi) is 4.87. The maximum absolute atomic E-state index is 13.4. The highest BCUT2D eigenvalue weighted by Crippen LogP contribution is 2.21. The second-order valence-electron chi connectivity index (χ2n) is 4.42. The lowest BCUT2D eigenvalue weighted by Gasteiger charge is -2.18. The van der Waals surface area contributed by atoms with E-state index in [2.05, 4.69) is 5.32 Å². The molecule has 0 aliphatic carbocycles. The zero-order valence-electron chi connectivity index (χ0n) is 11.4. The Balaban J connectivity index is 2.22. The van der Waals surface area contributed by atoms with Gasteiger partial charge in [0.25, 0.3) is 0 Å². The molecule has 0 aliphatic heterocycles. The van der Waals surface area contributed by atoms with Crippen LogP contribution in [0.2, 0.25) is 0 Å². The highest BCUT2D eigenvalue weighted by atomic mass is 32.1. The normalized spacial score (nSPS) is 12.2. The highest BCUT2D eigenvalue weighted by Gasteiger charge is 2.23. The van der Waals surface area contributed by atoms with Crippen molar-refractivity contribution in [3.8, 4) is 0 Å². The van der Waals surface area contributed by atoms with Crippen LogP contribution in [0.1, 0.15) is 22.0 Å². The maximum atomic E-state index is 13.4. The predicted molar refractivity (Wildman–Crippen MR) is 77.1 cm³/mol. The molecule has 0 bridgehead atoms. The summed E-state index contributed by atoms with van der Waals surface area (Å²) in [6.07, 6.45) is 0. The monoisotopic (exact) mass is 293 g/mol. The van der Waals surface area contributed by atoms with Gasteiger partial charge in [0.15, 0.2) is 0 Å². The van der Waals surface area contributed by atoms with Crippen molar-refractivity contribution in [1.82, 2.24) is 5.32 Å². The lowest BCUT2D eigenvalue weighted by Crippen LogP contribution is -2.29. The number of esters is 1. The van der Waals surface area contributed by atoms with E-state index in [0.29, 0.717) is 12.1 Å². The van der Waals surface area contributed by atoms with E-state index in [1.54, 1.807) is 17.4 Å². The number of nitrogens with one attached hydrogen (secondary N) is 1. The molecule has 0 aliphatic rings. The summed E-state index contributed by atoms with van der Waals surface area (Å²) in [5.41, 5.74) is 1.45. The minimum atomic E-state index is -0.669. The molecule has 0 spiro atoms. The first kappa shape index (κ1) is 14.7. The molecule has 1 aromatic carbocycles. The third-order valence-corrected chi connectivity index (χ3v) is 3.93. The van der Waals surface area contributed by atoms with Crippen molar-refractivity contribution in [2.24, 2.45) is 0 Å². The number of aryl methyl sites for hydroxylation is 1. The molecule has 2 rings (SSSR count). The zero-order valence-corrected chi connectivity index (χ0v) is 12.2. The molecule has 106 valence electrons. The third-order valence-electron chi connectivity index (χ3n) is 3.05. The Labute approximate surface area is 121 Å². The van der Waals surface area contributed by atoms with Gasteiger partial charge in [-0.15, -0.1) is 11.3 Å². The molecule has 0 amide bonds. The SMILES string of the molecule is COC(=O)C(NCc1cccs1)c1cc(F)ccc1C. The van der Waals surface area contributed by atoms with E-state index in [4.69, 9.17) is 4.74 Å². The van der Waals surface area contributed by atoms with Crippen LogP contribution in [0.3, 0.4) is 0 Å². The number of thiophene rings is 1. The van der Waals surface area contributed by atoms with Gasteiger partial charge in [-0.05, 0) is 41.6 Å². The van der Waals surface area contributed by atoms with Gasteiger partial charge in [-0.1, -0.05) is 12.1 Å². The Hall–Kier alpha value is -1.72. The number of rotatable bonds is 5. The molecule has 1 atom stereocenters. The van der Waals surface area contributed by atoms with Crippen LogP contribution in [0.5, 0.6) is 0 Å². The molecule has 2 aromatic rings. The average Bonchev–Trinajstić information content (AvgIpc) is 2.95. The molecule has 20 heavy (non-hydrogen) atoms. The Bertz CT molecular complexity index is 584. The maximum Gasteiger partial charge on any atom is 0.327 e. The molecule has 1 unspecified atom stereocenters. The minimum absolute atomic E-state index is 0.363. The second-order valence-corrected chi connectivity index (χ2v) is 5.45. The van der Waals surface area contributed by atoms with E-state index >= 15 is 0 Å². The summed E-state index contributed by atoms with van der Waals surface area (Å²) in [6, 6.07) is 7.67. The van der Waals surface area contributed by atoms with Gasteiger partial charge in [0.2, 0.25) is 0 Å². The van der Waals surface area contributed by atoms with Gasteiger partial charge in [0.1, 0.15) is 11.9 Å². The van der Waals surface area contributed by atoms with E-state index in [0.717, 1.165) is 10.4 Å². The predicted octanol–water partition coefficient (Wildman–Crippen LogP) is 3.20. The van der Waals surface area contributed by atoms with Gasteiger partial charge in [-0.3, -0.25) is 5.32 Å². The molecular weight excluding hydrogens is 277 g/mol. The van der Waals surface area contributed by atoms with Gasteiger partial charge >= 0.3 is 5.97 Å². The number of hydrogen-bond donors (Lipinski definition) is 1. The molecule has 0 fully saturated rings. The number of carbonyl (C=O) groups excluding carboxylic acids is 1. The molecule has 1 heterocycles. The van der Waals surface area contributed by atoms with Crippen LogP contribution < -0.4 is 5.32 Å². The molecule has 5 heteroatoms. The van der Waals surface area contributed by atoms with Crippen molar-refractivity contribution in [2.45, 2.75) is 19.5 Å². The third kappa shape index (κ3) is 3.43. The summed E-state index contributed by atoms with van der Waals surface area (Å²) in [5, 5.41) is 5.10. The Morgan fingerprint density at radius 2 is 2.25 bits per heavy atom. The van der Waals surface area contributed by atoms with Crippen molar-refractivity contribution in [3.05, 3.63) is 57.5 Å². The molecule has 1 aromatic heterocycles. The summed E-state index contributed by atoms with van der Waals surface area (Å²) in [6.45, 7) is 2.38. The molecule has 0 saturated carbocycles. The standard InChI is InChI=1S/C15H16FNO2S/c1-10-5-6-11(16)8-13(10)14(15(18)19-2)17-9-12-4-3-7-20-12/h3-8,14,17H,9H2,1-2H3. The van der Waals surface area contributed by atoms with Crippen molar-refractivity contribution < 1.29 is 13.9 Å². The summed E-state index contributed by atoms with van der Waals surface area (Å²) in [7, 11) is 1.33. The number of halogens is 1. The fourth-order valence-electron chi connectivity index (χ4n) is 1.98. The second kappa shape index (κ2) is 6.63. The smallest absolute Gasteiger partial charge is 0.327 e. The van der Waals surface area contributed by atoms with Gasteiger partial charge < -0.3 is 4.74 Å². The van der Waals surface area contributed by atoms with Crippen LogP contribution in [-0.2, 0) is 16.1 Å². The van der Waals surface area contributed by atoms with Gasteiger partial charge in [-0.25, -0.2) is 9.18 Å². The lowest BCUT2D eigenvalue weighted by molar-refractivity contribution is -0.143. The zero-order chi connectivity index (χ0) is 14.5. The topological polar surface area (TPSA) is 38.3 Å². The largest absolute Gasteiger partial charge is 0.468 e. The number of benzene rings is 1. The van der Waals surface area contributed by atoms with Gasteiger partial charge in [0.05, 0.1) is 7.11 Å². The molecule has 0 saturated heterocycles. The highest BCUT2D eigenvalue weighted by molar-refractivity contribution is 7.09. The van der Waals surface area contributed by atoms with Crippen molar-refractivity contribution in [2.75, 3.05) is 7.11 Å². The fraction of sp³-hybridized carbons (Fsp3) is 0.267. The molecule has 0 radical (unpaired) electrons. The van der Waals surface area contributed by atoms with E-state index in [-0.39, 0.29) is 5.82 Å². The van der Waals surface area contributed by atoms with E-state index < -0.39 is 12.0 Å². The number of ether oxygens (including phenoxy) is 1. The Morgan fingerprint density at radius 1 is 1.45 bits per heavy atom. The number of methoxy groups -OCH3 is 1. The quantitative estimate of drug-likeness (QED) is 0.860. The van der Waals surface area contributed by atoms with Crippen LogP contribution in [0.4, 0.5) is 4.39 Å². The lowest BCUT2D eigenvalue weighted by atomic mass is 10.0. The summed E-state index contributed by atoms with van der Waals surface area (Å²) < 4.78 is 18.2. The first-order chi connectivity index (χ1) is 9.61.